The molecule has 3 nitrogen and oxygen atoms in total. The first-order valence-corrected chi connectivity index (χ1v) is 27.5. The van der Waals surface area contributed by atoms with Crippen LogP contribution in [0.3, 0.4) is 0 Å². The van der Waals surface area contributed by atoms with Crippen LogP contribution in [-0.2, 0) is 5.41 Å². The van der Waals surface area contributed by atoms with Crippen LogP contribution in [0.25, 0.3) is 297 Å². The lowest BCUT2D eigenvalue weighted by molar-refractivity contribution is 0.428. The summed E-state index contributed by atoms with van der Waals surface area (Å²) < 4.78 is 2.18. The molecule has 30 aromatic rings. The summed E-state index contributed by atoms with van der Waals surface area (Å²) in [4.78, 5) is 4.49. The third-order valence-corrected chi connectivity index (χ3v) is 26.4. The van der Waals surface area contributed by atoms with Crippen LogP contribution in [0.1, 0.15) is 45.8 Å². The molecule has 1 aromatic heterocycles. The van der Waals surface area contributed by atoms with Crippen molar-refractivity contribution >= 4 is 291 Å². The molecular formula is C71H11N3. The molecule has 29 aromatic carbocycles. The van der Waals surface area contributed by atoms with Gasteiger partial charge >= 0.3 is 0 Å². The van der Waals surface area contributed by atoms with Crippen molar-refractivity contribution in [2.45, 2.75) is 23.4 Å². The Bertz CT molecular complexity index is 7900. The van der Waals surface area contributed by atoms with E-state index in [1.807, 2.05) is 12.5 Å². The highest BCUT2D eigenvalue weighted by atomic mass is 15.1. The molecule has 2 heterocycles. The van der Waals surface area contributed by atoms with Crippen molar-refractivity contribution in [3.05, 3.63) is 70.8 Å². The summed E-state index contributed by atoms with van der Waals surface area (Å²) in [5, 5.41) is 94.5. The van der Waals surface area contributed by atoms with Crippen LogP contribution in [0.15, 0.2) is 43.0 Å². The molecule has 0 radical (unpaired) electrons. The summed E-state index contributed by atoms with van der Waals surface area (Å²) in [6.45, 7) is 0. The van der Waals surface area contributed by atoms with E-state index in [1.54, 1.807) is 313 Å². The van der Waals surface area contributed by atoms with Gasteiger partial charge in [-0.15, -0.1) is 0 Å². The first-order valence-electron chi connectivity index (χ1n) is 27.5. The van der Waals surface area contributed by atoms with Gasteiger partial charge in [0.2, 0.25) is 0 Å². The molecule has 1 spiro atoms. The molecule has 1 N–H and O–H groups in total. The van der Waals surface area contributed by atoms with Crippen LogP contribution < -0.4 is 5.32 Å². The molecule has 1 fully saturated rings. The highest BCUT2D eigenvalue weighted by Crippen LogP contribution is 2.85. The van der Waals surface area contributed by atoms with E-state index in [4.69, 9.17) is 5.32 Å². The van der Waals surface area contributed by atoms with Crippen LogP contribution in [0, 0.1) is 0 Å². The molecule has 1 aliphatic heterocycles. The Balaban J connectivity index is 1.08. The van der Waals surface area contributed by atoms with Crippen LogP contribution >= 0.6 is 0 Å². The minimum absolute atomic E-state index is 0.0880. The second-order valence-corrected chi connectivity index (χ2v) is 26.8. The standard InChI is InChI=1S/C71H11N3/c1-3-9(74-6-5-72-7-74)4-2-8(1)70-71-66-60-52-45-32-24-17-11-10-12-15-20(17)30(32)38-35-22(15)23-16(12)21-18-13(10)19-14(11)25-28(24)40-42-34(25)37-27(19)29-26(18)33-31(21)39-36(23)44-43(35)54(50(38)52)63(66)64-55(44)51(39)53-46(33)49-41(29)47(37)57-56(42)62(58(60)48(40)45)68(71)69(73-70)65(57)59(49)61(53)67(64)71/h1-7,68-70,73H. The number of hydrogen-bond acceptors (Lipinski definition) is 2. The maximum atomic E-state index is 4.86. The average Bonchev–Trinajstić information content (AvgIpc) is 3.25. The van der Waals surface area contributed by atoms with E-state index in [9.17, 15) is 0 Å². The lowest BCUT2D eigenvalue weighted by Gasteiger charge is -2.44. The molecule has 3 aliphatic carbocycles. The highest BCUT2D eigenvalue weighted by molar-refractivity contribution is 6.82. The third-order valence-electron chi connectivity index (χ3n) is 26.4. The highest BCUT2D eigenvalue weighted by Gasteiger charge is 2.69. The minimum Gasteiger partial charge on any atom is -0.306 e. The van der Waals surface area contributed by atoms with Crippen molar-refractivity contribution < 1.29 is 0 Å². The molecule has 4 aliphatic rings. The van der Waals surface area contributed by atoms with Crippen LogP contribution in [-0.4, -0.2) is 9.55 Å². The molecule has 0 bridgehead atoms. The predicted molar refractivity (Wildman–Crippen MR) is 308 cm³/mol. The fraction of sp³-hybridized carbons (Fsp3) is 0.0563. The second kappa shape index (κ2) is 6.44. The Labute approximate surface area is 403 Å². The smallest absolute Gasteiger partial charge is 0.0991 e. The fourth-order valence-corrected chi connectivity index (χ4v) is 26.1. The number of rotatable bonds is 2. The Morgan fingerprint density at radius 3 is 0.905 bits per heavy atom. The largest absolute Gasteiger partial charge is 0.306 e. The van der Waals surface area contributed by atoms with Crippen molar-refractivity contribution in [1.82, 2.24) is 14.9 Å². The van der Waals surface area contributed by atoms with Crippen molar-refractivity contribution in [2.24, 2.45) is 0 Å². The zero-order chi connectivity index (χ0) is 43.8. The van der Waals surface area contributed by atoms with Gasteiger partial charge < -0.3 is 9.88 Å². The molecule has 0 amide bonds. The molecule has 3 heteroatoms. The predicted octanol–water partition coefficient (Wildman–Crippen LogP) is 18.4. The van der Waals surface area contributed by atoms with E-state index in [2.05, 4.69) is 40.0 Å². The summed E-state index contributed by atoms with van der Waals surface area (Å²) in [5.74, 6) is 0.271. The van der Waals surface area contributed by atoms with Gasteiger partial charge in [0, 0.05) is 36.1 Å². The molecule has 74 heavy (non-hydrogen) atoms. The van der Waals surface area contributed by atoms with Gasteiger partial charge in [0.1, 0.15) is 0 Å². The van der Waals surface area contributed by atoms with Gasteiger partial charge in [-0.05, 0) is 331 Å². The number of nitrogens with one attached hydrogen (secondary N) is 1. The topological polar surface area (TPSA) is 29.9 Å². The van der Waals surface area contributed by atoms with Crippen LogP contribution in [0.5, 0.6) is 0 Å². The van der Waals surface area contributed by atoms with Crippen molar-refractivity contribution in [3.8, 4) is 5.69 Å². The first kappa shape index (κ1) is 27.6. The van der Waals surface area contributed by atoms with Crippen molar-refractivity contribution in [3.63, 3.8) is 0 Å². The van der Waals surface area contributed by atoms with Gasteiger partial charge in [0.05, 0.1) is 11.7 Å². The number of fused-ring (bicyclic) bond motifs is 4. The summed E-state index contributed by atoms with van der Waals surface area (Å²) in [6, 6.07) is 10.1. The normalized spacial score (nSPS) is 23.0. The van der Waals surface area contributed by atoms with Crippen molar-refractivity contribution in [2.75, 3.05) is 0 Å². The first-order chi connectivity index (χ1) is 36.9. The van der Waals surface area contributed by atoms with Crippen molar-refractivity contribution in [1.29, 1.82) is 0 Å². The maximum Gasteiger partial charge on any atom is 0.0991 e. The number of benzene rings is 19. The maximum absolute atomic E-state index is 4.86. The van der Waals surface area contributed by atoms with Gasteiger partial charge in [0.15, 0.2) is 0 Å². The molecule has 4 atom stereocenters. The molecule has 4 unspecified atom stereocenters. The monoisotopic (exact) mass is 905 g/mol. The van der Waals surface area contributed by atoms with E-state index in [-0.39, 0.29) is 23.4 Å². The average molecular weight is 906 g/mol. The summed E-state index contributed by atoms with van der Waals surface area (Å²) >= 11 is 0. The Kier molecular flexibility index (Phi) is 2.40. The minimum atomic E-state index is -0.313. The van der Waals surface area contributed by atoms with Gasteiger partial charge in [0.25, 0.3) is 0 Å². The fourth-order valence-electron chi connectivity index (χ4n) is 26.1. The van der Waals surface area contributed by atoms with E-state index in [0.29, 0.717) is 0 Å². The lowest BCUT2D eigenvalue weighted by Crippen LogP contribution is -2.38. The van der Waals surface area contributed by atoms with Gasteiger partial charge in [-0.25, -0.2) is 4.98 Å². The summed E-state index contributed by atoms with van der Waals surface area (Å²) in [7, 11) is 0. The molecule has 34 rings (SSSR count). The van der Waals surface area contributed by atoms with Crippen LogP contribution in [0.4, 0.5) is 0 Å². The number of nitrogens with zero attached hydrogens (tertiary/aromatic N) is 2. The molecule has 1 saturated heterocycles. The number of hydrogen-bond donors (Lipinski definition) is 1. The van der Waals surface area contributed by atoms with E-state index >= 15 is 0 Å². The van der Waals surface area contributed by atoms with E-state index in [0.717, 1.165) is 0 Å². The lowest BCUT2D eigenvalue weighted by atomic mass is 9.56. The van der Waals surface area contributed by atoms with Crippen LogP contribution in [0.2, 0.25) is 0 Å². The second-order valence-electron chi connectivity index (χ2n) is 26.8. The van der Waals surface area contributed by atoms with E-state index < -0.39 is 0 Å². The van der Waals surface area contributed by atoms with Gasteiger partial charge in [-0.2, -0.15) is 0 Å². The Morgan fingerprint density at radius 1 is 0.311 bits per heavy atom. The molecular weight excluding hydrogens is 895 g/mol. The zero-order valence-electron chi connectivity index (χ0n) is 37.7. The SMILES string of the molecule is c1cn(-c2ccc(C3NC4c5c6c7c8c9c%10c%11c%12c%13c(c%14c5c5c%15c6c6c7c7c9c9c%16c%10c%10c%12c%12c%13c%13c%14c%14c5c5c%15c%15c6c6c7c9c7c9c%16c%10c%10c%12c%12c%13c%14c%13c5c5c%15c6c7c6c9c%10c%12c%13c56)C4C8%113)cc2)cn1. The van der Waals surface area contributed by atoms with Gasteiger partial charge in [-0.1, -0.05) is 12.1 Å². The summed E-state index contributed by atoms with van der Waals surface area (Å²) in [5.41, 5.74) is 9.21. The van der Waals surface area contributed by atoms with Gasteiger partial charge in [-0.3, -0.25) is 0 Å². The number of aromatic nitrogens is 2. The zero-order valence-corrected chi connectivity index (χ0v) is 37.7. The molecule has 0 saturated carbocycles. The number of imidazole rings is 1. The molecule has 310 valence electrons. The Hall–Kier alpha value is -9.15. The third kappa shape index (κ3) is 1.53. The Morgan fingerprint density at radius 2 is 0.581 bits per heavy atom. The quantitative estimate of drug-likeness (QED) is 0.175. The summed E-state index contributed by atoms with van der Waals surface area (Å²) in [6.07, 6.45) is 5.97. The van der Waals surface area contributed by atoms with E-state index in [1.165, 1.54) is 11.3 Å².